The van der Waals surface area contributed by atoms with E-state index in [1.807, 2.05) is 75.5 Å². The molecule has 0 spiro atoms. The van der Waals surface area contributed by atoms with E-state index in [0.717, 1.165) is 35.2 Å². The Balaban J connectivity index is 1.39. The van der Waals surface area contributed by atoms with Crippen LogP contribution >= 0.6 is 0 Å². The smallest absolute Gasteiger partial charge is 0.416 e. The van der Waals surface area contributed by atoms with Gasteiger partial charge in [0, 0.05) is 36.4 Å². The van der Waals surface area contributed by atoms with Crippen molar-refractivity contribution in [1.82, 2.24) is 24.9 Å². The van der Waals surface area contributed by atoms with Crippen molar-refractivity contribution in [2.45, 2.75) is 64.1 Å². The highest BCUT2D eigenvalue weighted by Crippen LogP contribution is 2.42. The first-order valence-electron chi connectivity index (χ1n) is 13.7. The van der Waals surface area contributed by atoms with Crippen LogP contribution in [-0.2, 0) is 16.1 Å². The van der Waals surface area contributed by atoms with Gasteiger partial charge in [-0.05, 0) is 57.2 Å². The first kappa shape index (κ1) is 25.8. The van der Waals surface area contributed by atoms with Crippen LogP contribution in [-0.4, -0.2) is 49.8 Å². The number of nitrogens with one attached hydrogen (secondary N) is 2. The van der Waals surface area contributed by atoms with E-state index in [0.29, 0.717) is 36.2 Å². The molecular formula is C30H33N7O3. The summed E-state index contributed by atoms with van der Waals surface area (Å²) in [7, 11) is 0. The van der Waals surface area contributed by atoms with Gasteiger partial charge in [0.05, 0.1) is 24.5 Å². The van der Waals surface area contributed by atoms with Gasteiger partial charge in [0.25, 0.3) is 0 Å². The maximum Gasteiger partial charge on any atom is 0.416 e. The van der Waals surface area contributed by atoms with Gasteiger partial charge in [-0.25, -0.2) is 9.78 Å². The Kier molecular flexibility index (Phi) is 6.61. The Bertz CT molecular complexity index is 1540. The highest BCUT2D eigenvalue weighted by Gasteiger charge is 2.32. The number of anilines is 2. The molecule has 0 bridgehead atoms. The molecule has 1 saturated heterocycles. The highest BCUT2D eigenvalue weighted by molar-refractivity contribution is 5.88. The predicted octanol–water partition coefficient (Wildman–Crippen LogP) is 4.91. The van der Waals surface area contributed by atoms with Crippen molar-refractivity contribution in [3.05, 3.63) is 72.1 Å². The van der Waals surface area contributed by atoms with Crippen molar-refractivity contribution in [3.8, 4) is 11.3 Å². The normalized spacial score (nSPS) is 17.1. The van der Waals surface area contributed by atoms with E-state index in [1.165, 1.54) is 0 Å². The molecule has 1 aliphatic carbocycles. The zero-order valence-corrected chi connectivity index (χ0v) is 22.9. The fourth-order valence-electron chi connectivity index (χ4n) is 4.88. The Hall–Kier alpha value is -4.47. The fraction of sp³-hybridized carbons (Fsp3) is 0.367. The van der Waals surface area contributed by atoms with E-state index in [4.69, 9.17) is 9.72 Å². The molecule has 4 heterocycles. The van der Waals surface area contributed by atoms with Crippen LogP contribution in [0.5, 0.6) is 0 Å². The van der Waals surface area contributed by atoms with Crippen LogP contribution in [0, 0.1) is 0 Å². The van der Waals surface area contributed by atoms with Crippen LogP contribution in [0.3, 0.4) is 0 Å². The number of hydrogen-bond donors (Lipinski definition) is 2. The molecule has 40 heavy (non-hydrogen) atoms. The molecule has 2 N–H and O–H groups in total. The number of benzene rings is 1. The number of carbonyl (C=O) groups is 2. The SMILES string of the molecule is CC(C)(C)OC(=O)N(Cc1ccc(-c2ccccn2)cc1)c1cc(N[C@@H]2CNC(=O)C2)nc2c(C3CC3)cnn12. The summed E-state index contributed by atoms with van der Waals surface area (Å²) in [6, 6.07) is 15.5. The summed E-state index contributed by atoms with van der Waals surface area (Å²) in [5, 5.41) is 10.9. The predicted molar refractivity (Wildman–Crippen MR) is 152 cm³/mol. The molecule has 206 valence electrons. The molecule has 2 aliphatic rings. The second-order valence-corrected chi connectivity index (χ2v) is 11.4. The van der Waals surface area contributed by atoms with E-state index in [1.54, 1.807) is 15.6 Å². The second kappa shape index (κ2) is 10.3. The van der Waals surface area contributed by atoms with Crippen LogP contribution in [0.2, 0.25) is 0 Å². The quantitative estimate of drug-likeness (QED) is 0.343. The fourth-order valence-corrected chi connectivity index (χ4v) is 4.88. The number of pyridine rings is 1. The molecule has 4 aromatic rings. The van der Waals surface area contributed by atoms with E-state index in [9.17, 15) is 9.59 Å². The zero-order chi connectivity index (χ0) is 27.9. The zero-order valence-electron chi connectivity index (χ0n) is 22.9. The highest BCUT2D eigenvalue weighted by atomic mass is 16.6. The summed E-state index contributed by atoms with van der Waals surface area (Å²) in [6.45, 7) is 6.33. The van der Waals surface area contributed by atoms with Crippen molar-refractivity contribution in [1.29, 1.82) is 0 Å². The molecule has 0 radical (unpaired) electrons. The summed E-state index contributed by atoms with van der Waals surface area (Å²) < 4.78 is 7.59. The molecule has 2 fully saturated rings. The average molecular weight is 540 g/mol. The van der Waals surface area contributed by atoms with Gasteiger partial charge in [-0.1, -0.05) is 30.3 Å². The lowest BCUT2D eigenvalue weighted by atomic mass is 10.1. The molecule has 1 atom stereocenters. The van der Waals surface area contributed by atoms with Crippen LogP contribution in [0.25, 0.3) is 16.9 Å². The Morgan fingerprint density at radius 3 is 2.62 bits per heavy atom. The summed E-state index contributed by atoms with van der Waals surface area (Å²) in [5.74, 6) is 1.55. The third-order valence-corrected chi connectivity index (χ3v) is 6.97. The summed E-state index contributed by atoms with van der Waals surface area (Å²) in [5.41, 5.74) is 3.88. The van der Waals surface area contributed by atoms with Gasteiger partial charge >= 0.3 is 6.09 Å². The Morgan fingerprint density at radius 1 is 1.18 bits per heavy atom. The van der Waals surface area contributed by atoms with E-state index in [2.05, 4.69) is 20.7 Å². The van der Waals surface area contributed by atoms with Crippen molar-refractivity contribution in [3.63, 3.8) is 0 Å². The van der Waals surface area contributed by atoms with Crippen molar-refractivity contribution in [2.75, 3.05) is 16.8 Å². The number of ether oxygens (including phenoxy) is 1. The lowest BCUT2D eigenvalue weighted by Gasteiger charge is -2.28. The number of rotatable bonds is 7. The van der Waals surface area contributed by atoms with E-state index >= 15 is 0 Å². The third-order valence-electron chi connectivity index (χ3n) is 6.97. The minimum Gasteiger partial charge on any atom is -0.443 e. The van der Waals surface area contributed by atoms with Crippen LogP contribution < -0.4 is 15.5 Å². The molecule has 10 nitrogen and oxygen atoms in total. The number of fused-ring (bicyclic) bond motifs is 1. The Morgan fingerprint density at radius 2 is 1.98 bits per heavy atom. The first-order chi connectivity index (χ1) is 19.2. The van der Waals surface area contributed by atoms with Crippen LogP contribution in [0.1, 0.15) is 57.1 Å². The van der Waals surface area contributed by atoms with Gasteiger partial charge in [0.1, 0.15) is 17.2 Å². The monoisotopic (exact) mass is 539 g/mol. The molecule has 1 aliphatic heterocycles. The molecule has 1 aromatic carbocycles. The average Bonchev–Trinajstić information content (AvgIpc) is 3.55. The lowest BCUT2D eigenvalue weighted by molar-refractivity contribution is -0.119. The van der Waals surface area contributed by atoms with Crippen molar-refractivity contribution >= 4 is 29.3 Å². The minimum absolute atomic E-state index is 0.00588. The number of aromatic nitrogens is 4. The molecule has 1 saturated carbocycles. The summed E-state index contributed by atoms with van der Waals surface area (Å²) in [4.78, 5) is 36.4. The number of hydrogen-bond acceptors (Lipinski definition) is 7. The largest absolute Gasteiger partial charge is 0.443 e. The standard InChI is InChI=1S/C30H33N7O3/c1-30(2,3)40-29(39)36(18-19-7-9-21(10-8-19)24-6-4-5-13-31-24)27-15-25(34-22-14-26(38)32-16-22)35-28-23(20-11-12-20)17-33-37(27)28/h4-10,13,15,17,20,22H,11-12,14,16,18H2,1-3H3,(H,32,38)(H,34,35)/t22-/m0/s1. The molecule has 2 amide bonds. The molecule has 3 aromatic heterocycles. The first-order valence-corrected chi connectivity index (χ1v) is 13.7. The molecular weight excluding hydrogens is 506 g/mol. The molecule has 10 heteroatoms. The maximum atomic E-state index is 13.7. The molecule has 0 unspecified atom stereocenters. The van der Waals surface area contributed by atoms with Crippen molar-refractivity contribution in [2.24, 2.45) is 0 Å². The van der Waals surface area contributed by atoms with Crippen LogP contribution in [0.4, 0.5) is 16.4 Å². The van der Waals surface area contributed by atoms with Gasteiger partial charge in [0.2, 0.25) is 5.91 Å². The number of nitrogens with zero attached hydrogens (tertiary/aromatic N) is 5. The number of carbonyl (C=O) groups excluding carboxylic acids is 2. The van der Waals surface area contributed by atoms with Gasteiger partial charge in [-0.3, -0.25) is 14.7 Å². The minimum atomic E-state index is -0.690. The van der Waals surface area contributed by atoms with Crippen LogP contribution in [0.15, 0.2) is 60.9 Å². The topological polar surface area (TPSA) is 114 Å². The Labute approximate surface area is 232 Å². The maximum absolute atomic E-state index is 13.7. The molecule has 6 rings (SSSR count). The summed E-state index contributed by atoms with van der Waals surface area (Å²) >= 11 is 0. The van der Waals surface area contributed by atoms with Gasteiger partial charge in [0.15, 0.2) is 5.65 Å². The lowest BCUT2D eigenvalue weighted by Crippen LogP contribution is -2.37. The third kappa shape index (κ3) is 5.61. The van der Waals surface area contributed by atoms with Gasteiger partial charge < -0.3 is 15.4 Å². The van der Waals surface area contributed by atoms with Gasteiger partial charge in [-0.2, -0.15) is 9.61 Å². The number of amides is 2. The van der Waals surface area contributed by atoms with Gasteiger partial charge in [-0.15, -0.1) is 0 Å². The van der Waals surface area contributed by atoms with E-state index in [-0.39, 0.29) is 18.5 Å². The summed E-state index contributed by atoms with van der Waals surface area (Å²) in [6.07, 6.45) is 5.69. The second-order valence-electron chi connectivity index (χ2n) is 11.4. The van der Waals surface area contributed by atoms with Crippen molar-refractivity contribution < 1.29 is 14.3 Å². The van der Waals surface area contributed by atoms with E-state index < -0.39 is 11.7 Å².